The minimum absolute atomic E-state index is 0.0135. The van der Waals surface area contributed by atoms with E-state index in [1.165, 1.54) is 23.1 Å². The van der Waals surface area contributed by atoms with Crippen molar-refractivity contribution in [3.63, 3.8) is 0 Å². The second-order valence-corrected chi connectivity index (χ2v) is 5.13. The van der Waals surface area contributed by atoms with Gasteiger partial charge in [-0.2, -0.15) is 0 Å². The summed E-state index contributed by atoms with van der Waals surface area (Å²) in [5, 5.41) is 2.66. The van der Waals surface area contributed by atoms with E-state index < -0.39 is 24.3 Å². The van der Waals surface area contributed by atoms with Crippen LogP contribution in [0.2, 0.25) is 0 Å². The van der Waals surface area contributed by atoms with Crippen LogP contribution in [0.15, 0.2) is 48.5 Å². The normalized spacial score (nSPS) is 13.0. The Kier molecular flexibility index (Phi) is 4.24. The quantitative estimate of drug-likeness (QED) is 0.874. The summed E-state index contributed by atoms with van der Waals surface area (Å²) < 4.78 is 18.0. The predicted molar refractivity (Wildman–Crippen MR) is 84.1 cm³/mol. The first-order chi connectivity index (χ1) is 11.5. The number of amides is 2. The molecule has 24 heavy (non-hydrogen) atoms. The van der Waals surface area contributed by atoms with Crippen LogP contribution in [0.4, 0.5) is 15.8 Å². The lowest BCUT2D eigenvalue weighted by Crippen LogP contribution is -2.44. The summed E-state index contributed by atoms with van der Waals surface area (Å²) >= 11 is 0. The van der Waals surface area contributed by atoms with E-state index in [0.717, 1.165) is 6.07 Å². The number of para-hydroxylation sites is 2. The smallest absolute Gasteiger partial charge is 0.338 e. The highest BCUT2D eigenvalue weighted by atomic mass is 19.1. The maximum atomic E-state index is 13.1. The molecule has 1 aliphatic heterocycles. The standard InChI is InChI=1S/C17H13FN2O4/c18-12-5-3-4-11(8-12)17(23)24-10-16(22)20-9-15(21)19-13-6-1-2-7-14(13)20/h1-8H,9-10H2,(H,19,21). The van der Waals surface area contributed by atoms with Crippen molar-refractivity contribution >= 4 is 29.2 Å². The first-order valence-electron chi connectivity index (χ1n) is 7.16. The number of hydrogen-bond acceptors (Lipinski definition) is 4. The molecule has 0 atom stereocenters. The first kappa shape index (κ1) is 15.7. The lowest BCUT2D eigenvalue weighted by Gasteiger charge is -2.28. The Balaban J connectivity index is 1.69. The van der Waals surface area contributed by atoms with Crippen LogP contribution in [0.1, 0.15) is 10.4 Å². The Morgan fingerprint density at radius 3 is 2.75 bits per heavy atom. The summed E-state index contributed by atoms with van der Waals surface area (Å²) in [5.74, 6) is -2.25. The van der Waals surface area contributed by atoms with Crippen LogP contribution in [-0.4, -0.2) is 30.9 Å². The highest BCUT2D eigenvalue weighted by Crippen LogP contribution is 2.28. The van der Waals surface area contributed by atoms with Gasteiger partial charge < -0.3 is 10.1 Å². The van der Waals surface area contributed by atoms with E-state index in [9.17, 15) is 18.8 Å². The average molecular weight is 328 g/mol. The number of hydrogen-bond donors (Lipinski definition) is 1. The molecule has 0 spiro atoms. The first-order valence-corrected chi connectivity index (χ1v) is 7.16. The molecule has 3 rings (SSSR count). The van der Waals surface area contributed by atoms with E-state index in [4.69, 9.17) is 4.74 Å². The van der Waals surface area contributed by atoms with Gasteiger partial charge in [0, 0.05) is 0 Å². The number of carbonyl (C=O) groups is 3. The lowest BCUT2D eigenvalue weighted by molar-refractivity contribution is -0.124. The van der Waals surface area contributed by atoms with E-state index in [2.05, 4.69) is 5.32 Å². The molecule has 2 aromatic carbocycles. The zero-order chi connectivity index (χ0) is 17.1. The van der Waals surface area contributed by atoms with Gasteiger partial charge in [-0.3, -0.25) is 14.5 Å². The van der Waals surface area contributed by atoms with Crippen molar-refractivity contribution in [2.24, 2.45) is 0 Å². The topological polar surface area (TPSA) is 75.7 Å². The Hall–Kier alpha value is -3.22. The summed E-state index contributed by atoms with van der Waals surface area (Å²) in [5.41, 5.74) is 1.06. The molecule has 0 aromatic heterocycles. The van der Waals surface area contributed by atoms with Crippen LogP contribution in [0.3, 0.4) is 0 Å². The van der Waals surface area contributed by atoms with Crippen LogP contribution < -0.4 is 10.2 Å². The Morgan fingerprint density at radius 1 is 1.17 bits per heavy atom. The van der Waals surface area contributed by atoms with Crippen molar-refractivity contribution in [2.45, 2.75) is 0 Å². The molecule has 2 amide bonds. The average Bonchev–Trinajstić information content (AvgIpc) is 2.58. The Bertz CT molecular complexity index is 822. The van der Waals surface area contributed by atoms with Crippen LogP contribution in [-0.2, 0) is 14.3 Å². The van der Waals surface area contributed by atoms with Crippen LogP contribution in [0.25, 0.3) is 0 Å². The molecule has 0 aliphatic carbocycles. The molecule has 0 saturated heterocycles. The highest BCUT2D eigenvalue weighted by Gasteiger charge is 2.27. The molecule has 122 valence electrons. The summed E-state index contributed by atoms with van der Waals surface area (Å²) in [6.07, 6.45) is 0. The minimum Gasteiger partial charge on any atom is -0.452 e. The lowest BCUT2D eigenvalue weighted by atomic mass is 10.2. The zero-order valence-electron chi connectivity index (χ0n) is 12.5. The van der Waals surface area contributed by atoms with Crippen LogP contribution in [0, 0.1) is 5.82 Å². The number of ether oxygens (including phenoxy) is 1. The minimum atomic E-state index is -0.808. The second-order valence-electron chi connectivity index (χ2n) is 5.13. The predicted octanol–water partition coefficient (Wildman–Crippen LogP) is 1.97. The van der Waals surface area contributed by atoms with Crippen molar-refractivity contribution in [3.8, 4) is 0 Å². The summed E-state index contributed by atoms with van der Waals surface area (Å²) in [7, 11) is 0. The van der Waals surface area contributed by atoms with Gasteiger partial charge in [-0.1, -0.05) is 18.2 Å². The number of halogens is 1. The van der Waals surface area contributed by atoms with Crippen LogP contribution in [0.5, 0.6) is 0 Å². The summed E-state index contributed by atoms with van der Waals surface area (Å²) in [4.78, 5) is 37.1. The molecule has 0 bridgehead atoms. The molecule has 1 aliphatic rings. The van der Waals surface area contributed by atoms with Crippen molar-refractivity contribution in [2.75, 3.05) is 23.4 Å². The van der Waals surface area contributed by atoms with Gasteiger partial charge in [-0.15, -0.1) is 0 Å². The summed E-state index contributed by atoms with van der Waals surface area (Å²) in [6.45, 7) is -0.704. The van der Waals surface area contributed by atoms with Gasteiger partial charge in [-0.25, -0.2) is 9.18 Å². The van der Waals surface area contributed by atoms with Gasteiger partial charge in [-0.05, 0) is 30.3 Å². The monoisotopic (exact) mass is 328 g/mol. The summed E-state index contributed by atoms with van der Waals surface area (Å²) in [6, 6.07) is 11.8. The van der Waals surface area contributed by atoms with Crippen molar-refractivity contribution in [1.82, 2.24) is 0 Å². The fourth-order valence-corrected chi connectivity index (χ4v) is 2.36. The fourth-order valence-electron chi connectivity index (χ4n) is 2.36. The number of rotatable bonds is 3. The molecular weight excluding hydrogens is 315 g/mol. The number of nitrogens with zero attached hydrogens (tertiary/aromatic N) is 1. The molecule has 0 fully saturated rings. The third-order valence-electron chi connectivity index (χ3n) is 3.46. The van der Waals surface area contributed by atoms with Crippen molar-refractivity contribution in [3.05, 3.63) is 59.9 Å². The van der Waals surface area contributed by atoms with Gasteiger partial charge in [0.05, 0.1) is 16.9 Å². The van der Waals surface area contributed by atoms with Gasteiger partial charge in [0.15, 0.2) is 6.61 Å². The molecule has 6 nitrogen and oxygen atoms in total. The van der Waals surface area contributed by atoms with Gasteiger partial charge in [0.25, 0.3) is 5.91 Å². The Morgan fingerprint density at radius 2 is 1.96 bits per heavy atom. The molecule has 2 aromatic rings. The molecular formula is C17H13FN2O4. The second kappa shape index (κ2) is 6.49. The van der Waals surface area contributed by atoms with Gasteiger partial charge >= 0.3 is 5.97 Å². The van der Waals surface area contributed by atoms with Crippen molar-refractivity contribution < 1.29 is 23.5 Å². The maximum Gasteiger partial charge on any atom is 0.338 e. The largest absolute Gasteiger partial charge is 0.452 e. The third kappa shape index (κ3) is 3.24. The van der Waals surface area contributed by atoms with E-state index in [1.54, 1.807) is 24.3 Å². The highest BCUT2D eigenvalue weighted by molar-refractivity contribution is 6.10. The fraction of sp³-hybridized carbons (Fsp3) is 0.118. The van der Waals surface area contributed by atoms with Gasteiger partial charge in [0.2, 0.25) is 5.91 Å². The number of nitrogens with one attached hydrogen (secondary N) is 1. The number of fused-ring (bicyclic) bond motifs is 1. The number of benzene rings is 2. The molecule has 0 saturated carbocycles. The molecule has 0 radical (unpaired) electrons. The van der Waals surface area contributed by atoms with E-state index >= 15 is 0 Å². The van der Waals surface area contributed by atoms with Crippen molar-refractivity contribution in [1.29, 1.82) is 0 Å². The van der Waals surface area contributed by atoms with E-state index in [1.807, 2.05) is 0 Å². The van der Waals surface area contributed by atoms with Gasteiger partial charge in [0.1, 0.15) is 12.4 Å². The molecule has 1 heterocycles. The number of carbonyl (C=O) groups excluding carboxylic acids is 3. The maximum absolute atomic E-state index is 13.1. The van der Waals surface area contributed by atoms with E-state index in [-0.39, 0.29) is 18.0 Å². The van der Waals surface area contributed by atoms with E-state index in [0.29, 0.717) is 11.4 Å². The molecule has 0 unspecified atom stereocenters. The number of anilines is 2. The third-order valence-corrected chi connectivity index (χ3v) is 3.46. The molecule has 1 N–H and O–H groups in total. The Labute approximate surface area is 136 Å². The van der Waals surface area contributed by atoms with Crippen LogP contribution >= 0.6 is 0 Å². The molecule has 7 heteroatoms. The number of esters is 1. The zero-order valence-corrected chi connectivity index (χ0v) is 12.5. The SMILES string of the molecule is O=C1CN(C(=O)COC(=O)c2cccc(F)c2)c2ccccc2N1.